The van der Waals surface area contributed by atoms with Crippen molar-refractivity contribution in [3.05, 3.63) is 0 Å². The van der Waals surface area contributed by atoms with E-state index in [0.717, 1.165) is 0 Å². The van der Waals surface area contributed by atoms with Crippen LogP contribution in [0.5, 0.6) is 0 Å². The Morgan fingerprint density at radius 1 is 0.208 bits per heavy atom. The van der Waals surface area contributed by atoms with E-state index in [1.165, 1.54) is 0 Å². The van der Waals surface area contributed by atoms with E-state index in [0.29, 0.717) is 0 Å². The van der Waals surface area contributed by atoms with Gasteiger partial charge < -0.3 is 27.7 Å². The number of hydrogen-bond acceptors (Lipinski definition) is 6. The van der Waals surface area contributed by atoms with Gasteiger partial charge in [0.15, 0.2) is 0 Å². The fraction of sp³-hybridized carbons (Fsp3) is 1.00. The number of rotatable bonds is 24. The minimum absolute atomic E-state index is 2.81. The van der Waals surface area contributed by atoms with Gasteiger partial charge in [-0.2, -0.15) is 171 Å². The Morgan fingerprint density at radius 2 is 0.347 bits per heavy atom. The maximum absolute atomic E-state index is 14.1. The van der Waals surface area contributed by atoms with Gasteiger partial charge in [-0.05, 0) is 0 Å². The Bertz CT molecular complexity index is 1620. The first-order chi connectivity index (χ1) is 31.0. The van der Waals surface area contributed by atoms with Crippen molar-refractivity contribution >= 4 is 22.0 Å². The van der Waals surface area contributed by atoms with E-state index in [1.54, 1.807) is 0 Å². The maximum Gasteiger partial charge on any atom is 0.615 e. The van der Waals surface area contributed by atoms with Gasteiger partial charge in [0.1, 0.15) is 0 Å². The largest absolute Gasteiger partial charge is 0.615 e. The molecule has 6 nitrogen and oxygen atoms in total. The summed E-state index contributed by atoms with van der Waals surface area (Å²) in [6.45, 7) is -8.43. The first-order valence-electron chi connectivity index (χ1n) is 16.7. The van der Waals surface area contributed by atoms with Gasteiger partial charge >= 0.3 is 129 Å². The zero-order valence-corrected chi connectivity index (χ0v) is 32.2. The molecular formula is C24H12B3F39O6. The van der Waals surface area contributed by atoms with Crippen molar-refractivity contribution < 1.29 is 199 Å². The van der Waals surface area contributed by atoms with Crippen LogP contribution in [0.25, 0.3) is 0 Å². The predicted octanol–water partition coefficient (Wildman–Crippen LogP) is 12.4. The normalized spacial score (nSPS) is 17.6. The van der Waals surface area contributed by atoms with Gasteiger partial charge in [0.25, 0.3) is 0 Å². The molecular weight excluding hydrogens is 1160 g/mol. The third-order valence-electron chi connectivity index (χ3n) is 8.67. The first-order valence-corrected chi connectivity index (χ1v) is 16.7. The van der Waals surface area contributed by atoms with Crippen LogP contribution in [-0.4, -0.2) is 149 Å². The summed E-state index contributed by atoms with van der Waals surface area (Å²) >= 11 is 0. The molecule has 1 saturated heterocycles. The van der Waals surface area contributed by atoms with E-state index in [2.05, 4.69) is 27.7 Å². The van der Waals surface area contributed by atoms with Crippen molar-refractivity contribution in [2.75, 3.05) is 19.8 Å². The number of alkyl halides is 39. The van der Waals surface area contributed by atoms with Gasteiger partial charge in [-0.25, -0.2) is 0 Å². The van der Waals surface area contributed by atoms with Crippen LogP contribution in [0.15, 0.2) is 0 Å². The van der Waals surface area contributed by atoms with Gasteiger partial charge in [-0.15, -0.1) is 0 Å². The van der Waals surface area contributed by atoms with Crippen LogP contribution in [0.2, 0.25) is 0 Å². The molecule has 48 heteroatoms. The predicted molar refractivity (Wildman–Crippen MR) is 145 cm³/mol. The Kier molecular flexibility index (Phi) is 18.1. The van der Waals surface area contributed by atoms with Crippen molar-refractivity contribution in [2.45, 2.75) is 127 Å². The second kappa shape index (κ2) is 19.4. The van der Waals surface area contributed by atoms with E-state index >= 15 is 0 Å². The monoisotopic (exact) mass is 1170 g/mol. The quantitative estimate of drug-likeness (QED) is 0.0709. The zero-order chi connectivity index (χ0) is 58.2. The van der Waals surface area contributed by atoms with Gasteiger partial charge in [-0.1, -0.05) is 0 Å². The summed E-state index contributed by atoms with van der Waals surface area (Å²) < 4.78 is 544. The lowest BCUT2D eigenvalue weighted by Gasteiger charge is -2.40. The minimum Gasteiger partial charge on any atom is -0.400 e. The van der Waals surface area contributed by atoms with Crippen LogP contribution in [0.1, 0.15) is 19.3 Å². The zero-order valence-electron chi connectivity index (χ0n) is 32.2. The van der Waals surface area contributed by atoms with Crippen molar-refractivity contribution in [2.24, 2.45) is 0 Å². The van der Waals surface area contributed by atoms with Crippen LogP contribution < -0.4 is 0 Å². The Labute approximate surface area is 368 Å². The third-order valence-corrected chi connectivity index (χ3v) is 8.67. The van der Waals surface area contributed by atoms with E-state index in [-0.39, 0.29) is 0 Å². The summed E-state index contributed by atoms with van der Waals surface area (Å²) in [6, 6.07) is 0. The smallest absolute Gasteiger partial charge is 0.400 e. The van der Waals surface area contributed by atoms with Crippen LogP contribution in [0, 0.1) is 0 Å². The lowest BCUT2D eigenvalue weighted by Crippen LogP contribution is -2.70. The summed E-state index contributed by atoms with van der Waals surface area (Å²) in [4.78, 5) is 0. The molecule has 1 fully saturated rings. The summed E-state index contributed by atoms with van der Waals surface area (Å²) in [6.07, 6.45) is -34.3. The third kappa shape index (κ3) is 10.8. The van der Waals surface area contributed by atoms with Crippen LogP contribution >= 0.6 is 0 Å². The lowest BCUT2D eigenvalue weighted by molar-refractivity contribution is -0.440. The molecule has 1 heterocycles. The summed E-state index contributed by atoms with van der Waals surface area (Å²) in [5, 5.41) is 0. The first kappa shape index (κ1) is 67.2. The topological polar surface area (TPSA) is 55.4 Å². The number of halogens is 39. The second-order valence-electron chi connectivity index (χ2n) is 13.6. The number of hydrogen-bond donors (Lipinski definition) is 0. The van der Waals surface area contributed by atoms with Crippen molar-refractivity contribution in [3.63, 3.8) is 0 Å². The SMILES string of the molecule is FC(F)(F)C(F)(F)C(F)(F)C(F)(F)C(F)(F)C(F)(F)CCOB1OB(OCCC(F)(F)C(F)(F)C(F)(F)C(F)(F)C(F)(F)C(F)(F)F)OB(OCCC(F)(F)C(F)(F)C(F)(F)C(F)(F)C(F)(F)C(F)(F)F)O1. The van der Waals surface area contributed by atoms with Crippen LogP contribution in [-0.2, 0) is 27.7 Å². The Morgan fingerprint density at radius 3 is 0.486 bits per heavy atom. The molecule has 0 bridgehead atoms. The molecule has 0 N–H and O–H groups in total. The average molecular weight is 1170 g/mol. The molecule has 1 aliphatic rings. The molecule has 0 spiro atoms. The molecule has 0 aromatic carbocycles. The van der Waals surface area contributed by atoms with Crippen molar-refractivity contribution in [1.82, 2.24) is 0 Å². The highest BCUT2D eigenvalue weighted by atomic mass is 19.5. The molecule has 0 saturated carbocycles. The molecule has 1 rings (SSSR count). The molecule has 0 unspecified atom stereocenters. The Balaban J connectivity index is 3.57. The van der Waals surface area contributed by atoms with Gasteiger partial charge in [0.05, 0.1) is 0 Å². The van der Waals surface area contributed by atoms with E-state index in [1.807, 2.05) is 0 Å². The van der Waals surface area contributed by atoms with E-state index in [9.17, 15) is 171 Å². The fourth-order valence-corrected chi connectivity index (χ4v) is 4.33. The van der Waals surface area contributed by atoms with Crippen LogP contribution in [0.3, 0.4) is 0 Å². The summed E-state index contributed by atoms with van der Waals surface area (Å²) in [5.41, 5.74) is 0. The maximum atomic E-state index is 14.1. The Hall–Kier alpha value is -2.78. The molecule has 1 aliphatic heterocycles. The highest BCUT2D eigenvalue weighted by molar-refractivity contribution is 6.66. The highest BCUT2D eigenvalue weighted by Crippen LogP contribution is 2.64. The fourth-order valence-electron chi connectivity index (χ4n) is 4.33. The minimum atomic E-state index is -8.54. The average Bonchev–Trinajstić information content (AvgIpc) is 3.15. The molecule has 0 radical (unpaired) electrons. The molecule has 0 aromatic heterocycles. The summed E-state index contributed by atoms with van der Waals surface area (Å²) in [7, 11) is -11.1. The lowest BCUT2D eigenvalue weighted by atomic mass is 9.92. The molecule has 426 valence electrons. The molecule has 0 atom stereocenters. The van der Waals surface area contributed by atoms with Crippen molar-refractivity contribution in [1.29, 1.82) is 0 Å². The molecule has 0 amide bonds. The van der Waals surface area contributed by atoms with Gasteiger partial charge in [-0.3, -0.25) is 0 Å². The molecule has 0 aliphatic carbocycles. The molecule has 72 heavy (non-hydrogen) atoms. The summed E-state index contributed by atoms with van der Waals surface area (Å²) in [5.74, 6) is -122. The van der Waals surface area contributed by atoms with Crippen LogP contribution in [0.4, 0.5) is 171 Å². The second-order valence-corrected chi connectivity index (χ2v) is 13.6. The van der Waals surface area contributed by atoms with Gasteiger partial charge in [0.2, 0.25) is 0 Å². The van der Waals surface area contributed by atoms with Crippen molar-refractivity contribution in [3.8, 4) is 0 Å². The highest BCUT2D eigenvalue weighted by Gasteiger charge is 2.93. The van der Waals surface area contributed by atoms with Gasteiger partial charge in [0, 0.05) is 39.1 Å². The molecule has 0 aromatic rings. The van der Waals surface area contributed by atoms with E-state index < -0.39 is 168 Å². The standard InChI is InChI=1S/C24H12B3F39O6/c28-7(29,10(34,35)13(40,41)16(46,47)19(52,53)22(58,59)60)1-4-67-25-70-26(68-5-2-8(30,31)11(36,37)14(42,43)17(48,49)20(54,55)23(61,62)63)72-27(71-25)69-6-3-9(32,33)12(38,39)15(44,45)18(50,51)21(56,57)24(64,65)66/h1-6H2. The van der Waals surface area contributed by atoms with E-state index in [4.69, 9.17) is 0 Å².